The van der Waals surface area contributed by atoms with Crippen LogP contribution in [0.25, 0.3) is 16.6 Å². The molecule has 3 aromatic carbocycles. The molecule has 2 N–H and O–H groups in total. The highest BCUT2D eigenvalue weighted by atomic mass is 35.5. The quantitative estimate of drug-likeness (QED) is 0.260. The average molecular weight is 464 g/mol. The minimum absolute atomic E-state index is 0.0619. The number of ketones is 1. The summed E-state index contributed by atoms with van der Waals surface area (Å²) in [5.41, 5.74) is 4.35. The number of nitrogens with zero attached hydrogens (tertiary/aromatic N) is 1. The molecule has 0 unspecified atom stereocenters. The lowest BCUT2D eigenvalue weighted by Gasteiger charge is -2.08. The number of halogens is 2. The lowest BCUT2D eigenvalue weighted by Crippen LogP contribution is -2.14. The van der Waals surface area contributed by atoms with Gasteiger partial charge in [0.2, 0.25) is 0 Å². The van der Waals surface area contributed by atoms with Crippen LogP contribution >= 0.6 is 23.2 Å². The molecular weight excluding hydrogens is 445 g/mol. The maximum absolute atomic E-state index is 12.7. The molecule has 0 aliphatic carbocycles. The standard InChI is InChI=1S/C25H19Cl2N3O2/c1-14(15(2)25(32)28-18-9-10-19(26)20(27)13-18)24-29-21-11-8-17(12-22(21)30-24)23(31)16-6-4-3-5-7-16/h3-13H,1-2H3,(H,28,32)(H,29,30). The van der Waals surface area contributed by atoms with E-state index in [9.17, 15) is 9.59 Å². The van der Waals surface area contributed by atoms with Gasteiger partial charge in [0.05, 0.1) is 21.1 Å². The molecule has 0 saturated heterocycles. The maximum Gasteiger partial charge on any atom is 0.251 e. The van der Waals surface area contributed by atoms with Crippen molar-refractivity contribution in [1.82, 2.24) is 9.97 Å². The highest BCUT2D eigenvalue weighted by Gasteiger charge is 2.15. The number of H-pyrrole nitrogens is 1. The van der Waals surface area contributed by atoms with Crippen LogP contribution < -0.4 is 5.32 Å². The fourth-order valence-corrected chi connectivity index (χ4v) is 3.53. The zero-order valence-electron chi connectivity index (χ0n) is 17.4. The Kier molecular flexibility index (Phi) is 6.12. The van der Waals surface area contributed by atoms with Crippen molar-refractivity contribution in [1.29, 1.82) is 0 Å². The van der Waals surface area contributed by atoms with Crippen molar-refractivity contribution in [2.75, 3.05) is 5.32 Å². The zero-order chi connectivity index (χ0) is 22.8. The SMILES string of the molecule is CC(C(=O)Nc1ccc(Cl)c(Cl)c1)=C(C)c1nc2ccc(C(=O)c3ccccc3)cc2[nH]1. The molecule has 1 amide bonds. The van der Waals surface area contributed by atoms with Crippen molar-refractivity contribution in [3.05, 3.63) is 99.3 Å². The Labute approximate surface area is 195 Å². The first kappa shape index (κ1) is 21.8. The number of amides is 1. The van der Waals surface area contributed by atoms with E-state index in [2.05, 4.69) is 15.3 Å². The van der Waals surface area contributed by atoms with Crippen LogP contribution in [0.3, 0.4) is 0 Å². The molecule has 7 heteroatoms. The summed E-state index contributed by atoms with van der Waals surface area (Å²) in [5, 5.41) is 3.59. The third-order valence-electron chi connectivity index (χ3n) is 5.22. The number of hydrogen-bond acceptors (Lipinski definition) is 3. The van der Waals surface area contributed by atoms with Crippen LogP contribution in [-0.2, 0) is 4.79 Å². The first-order valence-electron chi connectivity index (χ1n) is 9.87. The number of aromatic amines is 1. The van der Waals surface area contributed by atoms with E-state index in [1.165, 1.54) is 0 Å². The van der Waals surface area contributed by atoms with Crippen LogP contribution in [0.1, 0.15) is 35.6 Å². The Morgan fingerprint density at radius 3 is 2.34 bits per heavy atom. The molecular formula is C25H19Cl2N3O2. The van der Waals surface area contributed by atoms with Crippen molar-refractivity contribution in [2.45, 2.75) is 13.8 Å². The normalized spacial score (nSPS) is 11.9. The molecule has 0 aliphatic heterocycles. The first-order chi connectivity index (χ1) is 15.3. The van der Waals surface area contributed by atoms with Gasteiger partial charge in [0.1, 0.15) is 5.82 Å². The number of imidazole rings is 1. The third kappa shape index (κ3) is 4.44. The topological polar surface area (TPSA) is 74.8 Å². The van der Waals surface area contributed by atoms with Crippen LogP contribution in [0.4, 0.5) is 5.69 Å². The van der Waals surface area contributed by atoms with Crippen molar-refractivity contribution < 1.29 is 9.59 Å². The molecule has 0 bridgehead atoms. The van der Waals surface area contributed by atoms with Crippen LogP contribution in [0.2, 0.25) is 10.0 Å². The van der Waals surface area contributed by atoms with E-state index in [0.29, 0.717) is 49.3 Å². The summed E-state index contributed by atoms with van der Waals surface area (Å²) < 4.78 is 0. The third-order valence-corrected chi connectivity index (χ3v) is 5.95. The van der Waals surface area contributed by atoms with Gasteiger partial charge >= 0.3 is 0 Å². The van der Waals surface area contributed by atoms with Gasteiger partial charge in [-0.3, -0.25) is 9.59 Å². The molecule has 0 saturated carbocycles. The molecule has 0 radical (unpaired) electrons. The second kappa shape index (κ2) is 8.99. The highest BCUT2D eigenvalue weighted by Crippen LogP contribution is 2.26. The van der Waals surface area contributed by atoms with E-state index in [4.69, 9.17) is 23.2 Å². The molecule has 4 aromatic rings. The predicted molar refractivity (Wildman–Crippen MR) is 129 cm³/mol. The summed E-state index contributed by atoms with van der Waals surface area (Å²) in [4.78, 5) is 33.2. The van der Waals surface area contributed by atoms with Gasteiger partial charge in [-0.15, -0.1) is 0 Å². The number of rotatable bonds is 5. The Balaban J connectivity index is 1.60. The second-order valence-corrected chi connectivity index (χ2v) is 8.16. The zero-order valence-corrected chi connectivity index (χ0v) is 18.9. The molecule has 0 fully saturated rings. The molecule has 32 heavy (non-hydrogen) atoms. The Hall–Kier alpha value is -3.41. The number of benzene rings is 3. The molecule has 0 spiro atoms. The second-order valence-electron chi connectivity index (χ2n) is 7.35. The Morgan fingerprint density at radius 1 is 0.875 bits per heavy atom. The van der Waals surface area contributed by atoms with Gasteiger partial charge in [-0.05, 0) is 50.2 Å². The summed E-state index contributed by atoms with van der Waals surface area (Å²) in [5.74, 6) is 0.223. The van der Waals surface area contributed by atoms with E-state index in [-0.39, 0.29) is 11.7 Å². The molecule has 1 heterocycles. The van der Waals surface area contributed by atoms with Crippen LogP contribution in [0.5, 0.6) is 0 Å². The van der Waals surface area contributed by atoms with Crippen molar-refractivity contribution in [2.24, 2.45) is 0 Å². The van der Waals surface area contributed by atoms with Crippen molar-refractivity contribution in [3.8, 4) is 0 Å². The molecule has 0 atom stereocenters. The summed E-state index contributed by atoms with van der Waals surface area (Å²) in [6, 6.07) is 19.3. The van der Waals surface area contributed by atoms with E-state index >= 15 is 0 Å². The van der Waals surface area contributed by atoms with Gasteiger partial charge in [-0.1, -0.05) is 53.5 Å². The summed E-state index contributed by atoms with van der Waals surface area (Å²) >= 11 is 11.9. The fraction of sp³-hybridized carbons (Fsp3) is 0.0800. The van der Waals surface area contributed by atoms with Crippen molar-refractivity contribution >= 4 is 57.2 Å². The Morgan fingerprint density at radius 2 is 1.62 bits per heavy atom. The average Bonchev–Trinajstić information content (AvgIpc) is 3.24. The largest absolute Gasteiger partial charge is 0.338 e. The molecule has 5 nitrogen and oxygen atoms in total. The lowest BCUT2D eigenvalue weighted by atomic mass is 10.0. The lowest BCUT2D eigenvalue weighted by molar-refractivity contribution is -0.112. The predicted octanol–water partition coefficient (Wildman–Crippen LogP) is 6.53. The van der Waals surface area contributed by atoms with Gasteiger partial charge in [0, 0.05) is 28.0 Å². The number of carbonyl (C=O) groups excluding carboxylic acids is 2. The number of aromatic nitrogens is 2. The van der Waals surface area contributed by atoms with E-state index in [1.54, 1.807) is 55.5 Å². The van der Waals surface area contributed by atoms with Crippen LogP contribution in [0, 0.1) is 0 Å². The molecule has 160 valence electrons. The smallest absolute Gasteiger partial charge is 0.251 e. The van der Waals surface area contributed by atoms with Crippen molar-refractivity contribution in [3.63, 3.8) is 0 Å². The van der Waals surface area contributed by atoms with E-state index < -0.39 is 0 Å². The van der Waals surface area contributed by atoms with Gasteiger partial charge in [0.15, 0.2) is 5.78 Å². The van der Waals surface area contributed by atoms with E-state index in [1.807, 2.05) is 25.1 Å². The molecule has 0 aliphatic rings. The van der Waals surface area contributed by atoms with Gasteiger partial charge < -0.3 is 10.3 Å². The number of carbonyl (C=O) groups is 2. The minimum atomic E-state index is -0.277. The van der Waals surface area contributed by atoms with Gasteiger partial charge in [-0.2, -0.15) is 0 Å². The first-order valence-corrected chi connectivity index (χ1v) is 10.6. The molecule has 4 rings (SSSR count). The monoisotopic (exact) mass is 463 g/mol. The van der Waals surface area contributed by atoms with E-state index in [0.717, 1.165) is 5.52 Å². The number of allylic oxidation sites excluding steroid dienone is 1. The Bertz CT molecular complexity index is 1370. The van der Waals surface area contributed by atoms with Gasteiger partial charge in [-0.25, -0.2) is 4.98 Å². The summed E-state index contributed by atoms with van der Waals surface area (Å²) in [6.45, 7) is 3.54. The number of nitrogens with one attached hydrogen (secondary N) is 2. The minimum Gasteiger partial charge on any atom is -0.338 e. The van der Waals surface area contributed by atoms with Crippen LogP contribution in [-0.4, -0.2) is 21.7 Å². The summed E-state index contributed by atoms with van der Waals surface area (Å²) in [6.07, 6.45) is 0. The number of hydrogen-bond donors (Lipinski definition) is 2. The molecule has 1 aromatic heterocycles. The summed E-state index contributed by atoms with van der Waals surface area (Å²) in [7, 11) is 0. The van der Waals surface area contributed by atoms with Gasteiger partial charge in [0.25, 0.3) is 5.91 Å². The number of anilines is 1. The van der Waals surface area contributed by atoms with Crippen LogP contribution in [0.15, 0.2) is 72.3 Å². The number of fused-ring (bicyclic) bond motifs is 1. The fourth-order valence-electron chi connectivity index (χ4n) is 3.23. The maximum atomic E-state index is 12.7. The highest BCUT2D eigenvalue weighted by molar-refractivity contribution is 6.42.